The van der Waals surface area contributed by atoms with Crippen molar-refractivity contribution in [3.8, 4) is 0 Å². The van der Waals surface area contributed by atoms with Crippen LogP contribution in [0.5, 0.6) is 0 Å². The molecule has 4 rings (SSSR count). The van der Waals surface area contributed by atoms with Crippen molar-refractivity contribution in [2.45, 2.75) is 32.2 Å². The van der Waals surface area contributed by atoms with Crippen LogP contribution in [0.1, 0.15) is 41.3 Å². The molecule has 34 heavy (non-hydrogen) atoms. The number of carbonyl (C=O) groups is 2. The molecule has 6 nitrogen and oxygen atoms in total. The van der Waals surface area contributed by atoms with Crippen LogP contribution in [0.4, 0.5) is 20.2 Å². The van der Waals surface area contributed by atoms with E-state index in [2.05, 4.69) is 10.6 Å². The summed E-state index contributed by atoms with van der Waals surface area (Å²) in [5.41, 5.74) is 1.26. The highest BCUT2D eigenvalue weighted by Crippen LogP contribution is 2.35. The van der Waals surface area contributed by atoms with Crippen molar-refractivity contribution in [1.82, 2.24) is 5.32 Å². The minimum atomic E-state index is -2.97. The van der Waals surface area contributed by atoms with E-state index in [-0.39, 0.29) is 36.8 Å². The summed E-state index contributed by atoms with van der Waals surface area (Å²) in [6.45, 7) is 1.74. The van der Waals surface area contributed by atoms with Crippen LogP contribution in [0.3, 0.4) is 0 Å². The van der Waals surface area contributed by atoms with Gasteiger partial charge in [0.15, 0.2) is 5.78 Å². The number of para-hydroxylation sites is 1. The monoisotopic (exact) mass is 468 g/mol. The molecule has 1 atom stereocenters. The Labute approximate surface area is 196 Å². The van der Waals surface area contributed by atoms with E-state index >= 15 is 0 Å². The maximum absolute atomic E-state index is 13.9. The number of ketones is 1. The van der Waals surface area contributed by atoms with Crippen molar-refractivity contribution in [2.24, 2.45) is 5.41 Å². The first-order valence-corrected chi connectivity index (χ1v) is 11.0. The molecule has 1 amide bonds. The first kappa shape index (κ1) is 23.6. The Bertz CT molecular complexity index is 1130. The van der Waals surface area contributed by atoms with Gasteiger partial charge in [0.05, 0.1) is 23.8 Å². The summed E-state index contributed by atoms with van der Waals surface area (Å²) >= 11 is 0. The second kappa shape index (κ2) is 9.77. The highest BCUT2D eigenvalue weighted by molar-refractivity contribution is 5.99. The number of hydrogen-bond acceptors (Lipinski definition) is 5. The molecule has 1 fully saturated rings. The van der Waals surface area contributed by atoms with E-state index in [0.717, 1.165) is 12.5 Å². The Kier molecular flexibility index (Phi) is 6.79. The minimum Gasteiger partial charge on any atom is -0.472 e. The normalized spacial score (nSPS) is 18.0. The standard InChI is InChI=1S/C26H26F2N2O4/c1-25(27,28)21-4-2-3-5-22(21)30-20-8-6-18(7-9-20)15-29-24(32)26(11-13-34-17-26)14-23(31)19-10-12-33-16-19/h2-10,12,16,30H,11,13-15,17H2,1H3,(H,29,32)/t26-/m0/s1. The molecular formula is C26H26F2N2O4. The molecule has 178 valence electrons. The Balaban J connectivity index is 1.38. The predicted molar refractivity (Wildman–Crippen MR) is 123 cm³/mol. The van der Waals surface area contributed by atoms with E-state index in [0.29, 0.717) is 30.0 Å². The molecule has 1 aliphatic rings. The van der Waals surface area contributed by atoms with Crippen molar-refractivity contribution in [2.75, 3.05) is 18.5 Å². The number of rotatable bonds is 9. The van der Waals surface area contributed by atoms with Gasteiger partial charge in [-0.25, -0.2) is 8.78 Å². The summed E-state index contributed by atoms with van der Waals surface area (Å²) in [6, 6.07) is 15.0. The summed E-state index contributed by atoms with van der Waals surface area (Å²) in [7, 11) is 0. The Morgan fingerprint density at radius 3 is 2.50 bits per heavy atom. The second-order valence-corrected chi connectivity index (χ2v) is 8.63. The number of carbonyl (C=O) groups excluding carboxylic acids is 2. The van der Waals surface area contributed by atoms with Crippen LogP contribution in [0, 0.1) is 5.41 Å². The fourth-order valence-corrected chi connectivity index (χ4v) is 4.04. The first-order chi connectivity index (χ1) is 16.3. The van der Waals surface area contributed by atoms with Gasteiger partial charge in [-0.2, -0.15) is 0 Å². The van der Waals surface area contributed by atoms with E-state index in [9.17, 15) is 18.4 Å². The number of Topliss-reactive ketones (excluding diaryl/α,β-unsaturated/α-hetero) is 1. The zero-order valence-corrected chi connectivity index (χ0v) is 18.8. The third kappa shape index (κ3) is 5.34. The van der Waals surface area contributed by atoms with Crippen molar-refractivity contribution in [3.05, 3.63) is 83.8 Å². The number of alkyl halides is 2. The van der Waals surface area contributed by atoms with Crippen LogP contribution in [-0.2, 0) is 22.0 Å². The van der Waals surface area contributed by atoms with E-state index in [4.69, 9.17) is 9.15 Å². The number of anilines is 2. The number of furan rings is 1. The van der Waals surface area contributed by atoms with E-state index < -0.39 is 11.3 Å². The molecule has 2 N–H and O–H groups in total. The largest absolute Gasteiger partial charge is 0.472 e. The smallest absolute Gasteiger partial charge is 0.272 e. The van der Waals surface area contributed by atoms with Crippen molar-refractivity contribution in [3.63, 3.8) is 0 Å². The fourth-order valence-electron chi connectivity index (χ4n) is 4.04. The summed E-state index contributed by atoms with van der Waals surface area (Å²) in [4.78, 5) is 25.6. The molecule has 0 aliphatic carbocycles. The molecule has 2 heterocycles. The van der Waals surface area contributed by atoms with Gasteiger partial charge in [-0.1, -0.05) is 30.3 Å². The van der Waals surface area contributed by atoms with Gasteiger partial charge in [-0.15, -0.1) is 0 Å². The van der Waals surface area contributed by atoms with Crippen LogP contribution >= 0.6 is 0 Å². The lowest BCUT2D eigenvalue weighted by Crippen LogP contribution is -2.42. The molecule has 0 spiro atoms. The lowest BCUT2D eigenvalue weighted by Gasteiger charge is -2.25. The Hall–Kier alpha value is -3.52. The van der Waals surface area contributed by atoms with Gasteiger partial charge < -0.3 is 19.8 Å². The van der Waals surface area contributed by atoms with Gasteiger partial charge in [0.1, 0.15) is 6.26 Å². The summed E-state index contributed by atoms with van der Waals surface area (Å²) < 4.78 is 38.2. The summed E-state index contributed by atoms with van der Waals surface area (Å²) in [5, 5.41) is 5.94. The van der Waals surface area contributed by atoms with Gasteiger partial charge in [-0.05, 0) is 36.2 Å². The number of nitrogens with one attached hydrogen (secondary N) is 2. The van der Waals surface area contributed by atoms with Gasteiger partial charge in [-0.3, -0.25) is 9.59 Å². The molecule has 0 bridgehead atoms. The lowest BCUT2D eigenvalue weighted by molar-refractivity contribution is -0.131. The van der Waals surface area contributed by atoms with Crippen LogP contribution in [-0.4, -0.2) is 24.9 Å². The van der Waals surface area contributed by atoms with Crippen LogP contribution in [0.15, 0.2) is 71.5 Å². The number of amides is 1. The first-order valence-electron chi connectivity index (χ1n) is 11.0. The van der Waals surface area contributed by atoms with E-state index in [1.165, 1.54) is 18.6 Å². The van der Waals surface area contributed by atoms with Crippen molar-refractivity contribution < 1.29 is 27.5 Å². The zero-order valence-electron chi connectivity index (χ0n) is 18.8. The Morgan fingerprint density at radius 1 is 1.09 bits per heavy atom. The third-order valence-corrected chi connectivity index (χ3v) is 6.01. The number of hydrogen-bond donors (Lipinski definition) is 2. The van der Waals surface area contributed by atoms with Crippen molar-refractivity contribution >= 4 is 23.1 Å². The van der Waals surface area contributed by atoms with Gasteiger partial charge in [0.2, 0.25) is 5.91 Å². The quantitative estimate of drug-likeness (QED) is 0.409. The topological polar surface area (TPSA) is 80.6 Å². The van der Waals surface area contributed by atoms with Gasteiger partial charge >= 0.3 is 0 Å². The lowest BCUT2D eigenvalue weighted by atomic mass is 9.80. The highest BCUT2D eigenvalue weighted by Gasteiger charge is 2.44. The highest BCUT2D eigenvalue weighted by atomic mass is 19.3. The average molecular weight is 469 g/mol. The second-order valence-electron chi connectivity index (χ2n) is 8.63. The number of ether oxygens (including phenoxy) is 1. The molecule has 0 unspecified atom stereocenters. The van der Waals surface area contributed by atoms with Crippen LogP contribution < -0.4 is 10.6 Å². The summed E-state index contributed by atoms with van der Waals surface area (Å²) in [6.07, 6.45) is 3.31. The number of halogens is 2. The molecule has 1 aliphatic heterocycles. The van der Waals surface area contributed by atoms with Crippen LogP contribution in [0.25, 0.3) is 0 Å². The molecule has 1 aromatic heterocycles. The SMILES string of the molecule is CC(F)(F)c1ccccc1Nc1ccc(CNC(=O)[C@]2(CC(=O)c3ccoc3)CCOC2)cc1. The summed E-state index contributed by atoms with van der Waals surface area (Å²) in [5.74, 6) is -3.36. The average Bonchev–Trinajstić information content (AvgIpc) is 3.51. The van der Waals surface area contributed by atoms with Crippen LogP contribution in [0.2, 0.25) is 0 Å². The third-order valence-electron chi connectivity index (χ3n) is 6.01. The fraction of sp³-hybridized carbons (Fsp3) is 0.308. The van der Waals surface area contributed by atoms with Crippen molar-refractivity contribution in [1.29, 1.82) is 0 Å². The molecular weight excluding hydrogens is 442 g/mol. The maximum Gasteiger partial charge on any atom is 0.272 e. The molecule has 8 heteroatoms. The molecule has 1 saturated heterocycles. The molecule has 0 saturated carbocycles. The predicted octanol–water partition coefficient (Wildman–Crippen LogP) is 5.43. The van der Waals surface area contributed by atoms with E-state index in [1.807, 2.05) is 12.1 Å². The molecule has 0 radical (unpaired) electrons. The zero-order chi connectivity index (χ0) is 24.2. The maximum atomic E-state index is 13.9. The minimum absolute atomic E-state index is 0.0443. The number of benzene rings is 2. The molecule has 2 aromatic carbocycles. The van der Waals surface area contributed by atoms with Gasteiger partial charge in [0.25, 0.3) is 5.92 Å². The molecule has 3 aromatic rings. The Morgan fingerprint density at radius 2 is 1.85 bits per heavy atom. The van der Waals surface area contributed by atoms with Gasteiger partial charge in [0, 0.05) is 43.4 Å². The van der Waals surface area contributed by atoms with E-state index in [1.54, 1.807) is 36.4 Å².